The third kappa shape index (κ3) is 6.95. The lowest BCUT2D eigenvalue weighted by atomic mass is 10.1. The number of ether oxygens (including phenoxy) is 2. The van der Waals surface area contributed by atoms with Crippen molar-refractivity contribution in [1.29, 1.82) is 0 Å². The number of carbonyl (C=O) groups excluding carboxylic acids is 1. The highest BCUT2D eigenvalue weighted by molar-refractivity contribution is 6.33. The Hall–Kier alpha value is -2.60. The summed E-state index contributed by atoms with van der Waals surface area (Å²) in [6.07, 6.45) is 3.74. The lowest BCUT2D eigenvalue weighted by Crippen LogP contribution is -2.43. The van der Waals surface area contributed by atoms with Crippen molar-refractivity contribution in [3.05, 3.63) is 47.0 Å². The molecule has 3 rings (SSSR count). The quantitative estimate of drug-likeness (QED) is 0.564. The summed E-state index contributed by atoms with van der Waals surface area (Å²) in [5, 5.41) is 7.06. The monoisotopic (exact) mass is 459 g/mol. The molecule has 0 spiro atoms. The number of rotatable bonds is 8. The van der Waals surface area contributed by atoms with Crippen LogP contribution in [0.2, 0.25) is 5.02 Å². The zero-order chi connectivity index (χ0) is 23.1. The minimum atomic E-state index is -0.297. The number of nitrogens with zero attached hydrogens (tertiary/aromatic N) is 1. The maximum absolute atomic E-state index is 12.0. The van der Waals surface area contributed by atoms with E-state index in [0.717, 1.165) is 35.1 Å². The molecular weight excluding hydrogens is 426 g/mol. The molecule has 1 heterocycles. The van der Waals surface area contributed by atoms with E-state index in [9.17, 15) is 4.79 Å². The lowest BCUT2D eigenvalue weighted by Gasteiger charge is -2.29. The summed E-state index contributed by atoms with van der Waals surface area (Å²) in [6.45, 7) is 8.48. The molecule has 0 unspecified atom stereocenters. The van der Waals surface area contributed by atoms with Crippen LogP contribution >= 0.6 is 11.6 Å². The number of hydrogen-bond donors (Lipinski definition) is 2. The first-order valence-corrected chi connectivity index (χ1v) is 11.5. The highest BCUT2D eigenvalue weighted by Crippen LogP contribution is 2.32. The minimum Gasteiger partial charge on any atom is -0.493 e. The Morgan fingerprint density at radius 3 is 2.47 bits per heavy atom. The summed E-state index contributed by atoms with van der Waals surface area (Å²) in [5.41, 5.74) is 2.81. The molecule has 2 aromatic carbocycles. The number of benzene rings is 2. The van der Waals surface area contributed by atoms with Gasteiger partial charge in [0.15, 0.2) is 18.1 Å². The van der Waals surface area contributed by atoms with Crippen LogP contribution in [-0.2, 0) is 11.3 Å². The Balaban J connectivity index is 1.58. The molecule has 174 valence electrons. The zero-order valence-corrected chi connectivity index (χ0v) is 20.2. The molecule has 1 amide bonds. The number of anilines is 2. The Kier molecular flexibility index (Phi) is 8.13. The summed E-state index contributed by atoms with van der Waals surface area (Å²) in [5.74, 6) is 0.954. The van der Waals surface area contributed by atoms with Crippen LogP contribution in [0.25, 0.3) is 0 Å². The van der Waals surface area contributed by atoms with Crippen LogP contribution in [0.4, 0.5) is 11.4 Å². The fourth-order valence-corrected chi connectivity index (χ4v) is 4.05. The van der Waals surface area contributed by atoms with Crippen molar-refractivity contribution in [3.8, 4) is 11.5 Å². The molecule has 0 bridgehead atoms. The highest BCUT2D eigenvalue weighted by Gasteiger charge is 2.16. The molecule has 0 atom stereocenters. The Morgan fingerprint density at radius 2 is 1.81 bits per heavy atom. The molecule has 7 heteroatoms. The van der Waals surface area contributed by atoms with E-state index in [2.05, 4.69) is 27.7 Å². The molecule has 2 aromatic rings. The number of amides is 1. The maximum Gasteiger partial charge on any atom is 0.258 e. The van der Waals surface area contributed by atoms with Gasteiger partial charge in [-0.2, -0.15) is 0 Å². The first kappa shape index (κ1) is 24.1. The van der Waals surface area contributed by atoms with Gasteiger partial charge in [-0.3, -0.25) is 4.79 Å². The van der Waals surface area contributed by atoms with E-state index in [1.807, 2.05) is 45.0 Å². The number of piperidine rings is 1. The number of methoxy groups -OCH3 is 1. The van der Waals surface area contributed by atoms with Gasteiger partial charge in [0.2, 0.25) is 0 Å². The van der Waals surface area contributed by atoms with E-state index >= 15 is 0 Å². The third-order valence-electron chi connectivity index (χ3n) is 5.24. The number of carbonyl (C=O) groups is 1. The molecule has 1 aliphatic heterocycles. The minimum absolute atomic E-state index is 0.0624. The average Bonchev–Trinajstić information content (AvgIpc) is 2.76. The molecule has 6 nitrogen and oxygen atoms in total. The fraction of sp³-hybridized carbons (Fsp3) is 0.480. The fourth-order valence-electron chi connectivity index (χ4n) is 3.75. The van der Waals surface area contributed by atoms with Gasteiger partial charge in [-0.1, -0.05) is 17.7 Å². The first-order valence-electron chi connectivity index (χ1n) is 11.1. The van der Waals surface area contributed by atoms with Crippen molar-refractivity contribution >= 4 is 28.9 Å². The van der Waals surface area contributed by atoms with Crippen molar-refractivity contribution < 1.29 is 14.3 Å². The second-order valence-electron chi connectivity index (χ2n) is 9.14. The van der Waals surface area contributed by atoms with Gasteiger partial charge in [-0.05, 0) is 75.9 Å². The lowest BCUT2D eigenvalue weighted by molar-refractivity contribution is -0.124. The largest absolute Gasteiger partial charge is 0.493 e. The van der Waals surface area contributed by atoms with E-state index in [1.54, 1.807) is 7.11 Å². The van der Waals surface area contributed by atoms with E-state index in [-0.39, 0.29) is 18.1 Å². The van der Waals surface area contributed by atoms with Gasteiger partial charge in [-0.15, -0.1) is 0 Å². The number of nitrogens with one attached hydrogen (secondary N) is 2. The van der Waals surface area contributed by atoms with E-state index in [1.165, 1.54) is 19.3 Å². The number of halogens is 1. The molecule has 0 aliphatic carbocycles. The van der Waals surface area contributed by atoms with Gasteiger partial charge in [0.25, 0.3) is 5.91 Å². The SMILES string of the molecule is COc1cc(CNc2ccc(N3CCCCC3)c(Cl)c2)ccc1OCC(=O)NC(C)(C)C. The van der Waals surface area contributed by atoms with E-state index in [0.29, 0.717) is 18.0 Å². The van der Waals surface area contributed by atoms with Crippen molar-refractivity contribution in [2.75, 3.05) is 37.0 Å². The zero-order valence-electron chi connectivity index (χ0n) is 19.5. The van der Waals surface area contributed by atoms with Crippen LogP contribution in [0.15, 0.2) is 36.4 Å². The smallest absolute Gasteiger partial charge is 0.258 e. The molecule has 0 aromatic heterocycles. The summed E-state index contributed by atoms with van der Waals surface area (Å²) >= 11 is 6.56. The van der Waals surface area contributed by atoms with Gasteiger partial charge in [0, 0.05) is 30.9 Å². The second kappa shape index (κ2) is 10.8. The van der Waals surface area contributed by atoms with Crippen LogP contribution in [0.5, 0.6) is 11.5 Å². The first-order chi connectivity index (χ1) is 15.2. The Morgan fingerprint density at radius 1 is 1.06 bits per heavy atom. The van der Waals surface area contributed by atoms with Crippen molar-refractivity contribution in [1.82, 2.24) is 5.32 Å². The molecule has 0 saturated carbocycles. The summed E-state index contributed by atoms with van der Waals surface area (Å²) in [4.78, 5) is 14.4. The van der Waals surface area contributed by atoms with Crippen LogP contribution in [0.1, 0.15) is 45.6 Å². The average molecular weight is 460 g/mol. The summed E-state index contributed by atoms with van der Waals surface area (Å²) in [6, 6.07) is 11.8. The van der Waals surface area contributed by atoms with Gasteiger partial charge >= 0.3 is 0 Å². The summed E-state index contributed by atoms with van der Waals surface area (Å²) in [7, 11) is 1.59. The standard InChI is InChI=1S/C25H34ClN3O3/c1-25(2,3)28-24(30)17-32-22-11-8-18(14-23(22)31-4)16-27-19-9-10-21(20(26)15-19)29-12-6-5-7-13-29/h8-11,14-15,27H,5-7,12-13,16-17H2,1-4H3,(H,28,30). The predicted molar refractivity (Wildman–Crippen MR) is 131 cm³/mol. The Labute approximate surface area is 196 Å². The Bertz CT molecular complexity index is 921. The maximum atomic E-state index is 12.0. The molecule has 1 fully saturated rings. The summed E-state index contributed by atoms with van der Waals surface area (Å²) < 4.78 is 11.1. The molecular formula is C25H34ClN3O3. The van der Waals surface area contributed by atoms with Crippen molar-refractivity contribution in [2.24, 2.45) is 0 Å². The number of hydrogen-bond acceptors (Lipinski definition) is 5. The van der Waals surface area contributed by atoms with Crippen LogP contribution in [-0.4, -0.2) is 38.3 Å². The molecule has 0 radical (unpaired) electrons. The van der Waals surface area contributed by atoms with E-state index < -0.39 is 0 Å². The third-order valence-corrected chi connectivity index (χ3v) is 5.55. The van der Waals surface area contributed by atoms with Crippen molar-refractivity contribution in [3.63, 3.8) is 0 Å². The second-order valence-corrected chi connectivity index (χ2v) is 9.55. The van der Waals surface area contributed by atoms with Crippen LogP contribution in [0.3, 0.4) is 0 Å². The van der Waals surface area contributed by atoms with Gasteiger partial charge < -0.3 is 25.0 Å². The van der Waals surface area contributed by atoms with E-state index in [4.69, 9.17) is 21.1 Å². The molecule has 32 heavy (non-hydrogen) atoms. The van der Waals surface area contributed by atoms with Crippen LogP contribution in [0, 0.1) is 0 Å². The van der Waals surface area contributed by atoms with Gasteiger partial charge in [0.05, 0.1) is 17.8 Å². The highest BCUT2D eigenvalue weighted by atomic mass is 35.5. The van der Waals surface area contributed by atoms with Gasteiger partial charge in [-0.25, -0.2) is 0 Å². The van der Waals surface area contributed by atoms with Crippen molar-refractivity contribution in [2.45, 2.75) is 52.1 Å². The van der Waals surface area contributed by atoms with Crippen LogP contribution < -0.4 is 25.0 Å². The van der Waals surface area contributed by atoms with Gasteiger partial charge in [0.1, 0.15) is 0 Å². The topological polar surface area (TPSA) is 62.8 Å². The molecule has 2 N–H and O–H groups in total. The molecule has 1 saturated heterocycles. The predicted octanol–water partition coefficient (Wildman–Crippen LogP) is 5.24. The molecule has 1 aliphatic rings. The normalized spacial score (nSPS) is 14.1.